The predicted molar refractivity (Wildman–Crippen MR) is 163 cm³/mol. The first kappa shape index (κ1) is 32.0. The number of fused-ring (bicyclic) bond motifs is 1. The van der Waals surface area contributed by atoms with E-state index in [-0.39, 0.29) is 24.1 Å². The molecule has 1 aromatic heterocycles. The molecule has 4 aromatic rings. The van der Waals surface area contributed by atoms with Crippen LogP contribution in [0.3, 0.4) is 0 Å². The summed E-state index contributed by atoms with van der Waals surface area (Å²) < 4.78 is 60.5. The normalized spacial score (nSPS) is 13.8. The highest BCUT2D eigenvalue weighted by Crippen LogP contribution is 2.31. The lowest BCUT2D eigenvalue weighted by molar-refractivity contribution is -0.119. The molecule has 0 aliphatic carbocycles. The monoisotopic (exact) mass is 645 g/mol. The van der Waals surface area contributed by atoms with Gasteiger partial charge in [-0.05, 0) is 54.3 Å². The lowest BCUT2D eigenvalue weighted by Gasteiger charge is -2.31. The Hall–Kier alpha value is -4.45. The van der Waals surface area contributed by atoms with E-state index >= 15 is 4.39 Å². The molecule has 0 unspecified atom stereocenters. The zero-order valence-corrected chi connectivity index (χ0v) is 25.1. The van der Waals surface area contributed by atoms with Crippen molar-refractivity contribution < 1.29 is 32.2 Å². The number of carbonyl (C=O) groups is 1. The quantitative estimate of drug-likeness (QED) is 0.200. The van der Waals surface area contributed by atoms with Crippen LogP contribution in [0.15, 0.2) is 64.2 Å². The fourth-order valence-corrected chi connectivity index (χ4v) is 5.47. The average molecular weight is 646 g/mol. The lowest BCUT2D eigenvalue weighted by Crippen LogP contribution is -2.44. The van der Waals surface area contributed by atoms with Gasteiger partial charge in [-0.3, -0.25) is 18.7 Å². The van der Waals surface area contributed by atoms with Crippen molar-refractivity contribution >= 4 is 28.9 Å². The number of nitrogens with zero attached hydrogens (tertiary/aromatic N) is 3. The van der Waals surface area contributed by atoms with Crippen molar-refractivity contribution in [2.75, 3.05) is 33.5 Å². The van der Waals surface area contributed by atoms with E-state index in [1.165, 1.54) is 11.7 Å². The van der Waals surface area contributed by atoms with Gasteiger partial charge in [0.25, 0.3) is 5.56 Å². The zero-order valence-electron chi connectivity index (χ0n) is 24.4. The van der Waals surface area contributed by atoms with E-state index < -0.39 is 48.3 Å². The highest BCUT2D eigenvalue weighted by atomic mass is 35.5. The summed E-state index contributed by atoms with van der Waals surface area (Å²) in [5.41, 5.74) is 0.0475. The highest BCUT2D eigenvalue weighted by molar-refractivity contribution is 6.30. The number of benzene rings is 3. The number of methoxy groups -OCH3 is 1. The molecule has 9 nitrogen and oxygen atoms in total. The van der Waals surface area contributed by atoms with Crippen LogP contribution in [0, 0.1) is 5.82 Å². The molecule has 0 N–H and O–H groups in total. The number of alkyl halides is 2. The third-order valence-electron chi connectivity index (χ3n) is 7.75. The number of amides is 1. The van der Waals surface area contributed by atoms with Crippen LogP contribution < -0.4 is 25.5 Å². The number of hydrogen-bond donors (Lipinski definition) is 0. The Kier molecular flexibility index (Phi) is 10.0. The topological polar surface area (TPSA) is 92.0 Å². The van der Waals surface area contributed by atoms with E-state index in [0.717, 1.165) is 28.7 Å². The van der Waals surface area contributed by atoms with Crippen LogP contribution in [0.2, 0.25) is 5.02 Å². The molecule has 238 valence electrons. The molecule has 0 radical (unpaired) electrons. The summed E-state index contributed by atoms with van der Waals surface area (Å²) in [6, 6.07) is 13.8. The third kappa shape index (κ3) is 6.95. The molecular formula is C32H31ClF3N3O6. The van der Waals surface area contributed by atoms with Gasteiger partial charge >= 0.3 is 5.69 Å². The van der Waals surface area contributed by atoms with Gasteiger partial charge in [-0.2, -0.15) is 0 Å². The molecule has 3 aromatic carbocycles. The lowest BCUT2D eigenvalue weighted by atomic mass is 10.0. The first-order valence-corrected chi connectivity index (χ1v) is 14.6. The van der Waals surface area contributed by atoms with Crippen LogP contribution in [0.5, 0.6) is 17.2 Å². The minimum Gasteiger partial charge on any atom is -0.493 e. The molecule has 13 heteroatoms. The van der Waals surface area contributed by atoms with Crippen LogP contribution >= 0.6 is 11.6 Å². The Morgan fingerprint density at radius 2 is 1.64 bits per heavy atom. The van der Waals surface area contributed by atoms with Crippen molar-refractivity contribution in [2.24, 2.45) is 0 Å². The Bertz CT molecular complexity index is 1780. The van der Waals surface area contributed by atoms with Crippen molar-refractivity contribution in [3.63, 3.8) is 0 Å². The second-order valence-corrected chi connectivity index (χ2v) is 11.1. The number of halogens is 4. The molecule has 0 saturated carbocycles. The van der Waals surface area contributed by atoms with E-state index in [4.69, 9.17) is 25.8 Å². The first-order valence-electron chi connectivity index (χ1n) is 14.3. The van der Waals surface area contributed by atoms with Crippen molar-refractivity contribution in [1.82, 2.24) is 14.0 Å². The summed E-state index contributed by atoms with van der Waals surface area (Å²) in [6.45, 7) is -1.58. The number of likely N-dealkylation sites (tertiary alicyclic amines) is 1. The Balaban J connectivity index is 1.54. The molecule has 0 bridgehead atoms. The molecule has 1 aliphatic heterocycles. The van der Waals surface area contributed by atoms with Crippen LogP contribution in [0.1, 0.15) is 30.0 Å². The standard InChI is InChI=1S/C32H31ClF3N3O6/c1-43-30-12-21(4-7-28(30)44-18-20-2-5-22(33)6-3-20)17-38-31(41)25-13-29(45-24(15-34)16-35)26(36)14-27(25)39(32(38)42)23-8-10-37(19-40)11-9-23/h2-7,12-14,19,23-24H,8-11,15-18H2,1H3. The van der Waals surface area contributed by atoms with Crippen LogP contribution in [0.25, 0.3) is 10.9 Å². The number of rotatable bonds is 12. The zero-order chi connectivity index (χ0) is 32.1. The van der Waals surface area contributed by atoms with Crippen LogP contribution in [-0.4, -0.2) is 60.1 Å². The average Bonchev–Trinajstić information content (AvgIpc) is 3.06. The highest BCUT2D eigenvalue weighted by Gasteiger charge is 2.26. The van der Waals surface area contributed by atoms with Gasteiger partial charge in [0, 0.05) is 30.2 Å². The van der Waals surface area contributed by atoms with E-state index in [1.807, 2.05) is 12.1 Å². The first-order chi connectivity index (χ1) is 21.8. The number of aromatic nitrogens is 2. The van der Waals surface area contributed by atoms with Crippen LogP contribution in [-0.2, 0) is 17.9 Å². The maximum Gasteiger partial charge on any atom is 0.332 e. The minimum atomic E-state index is -1.55. The summed E-state index contributed by atoms with van der Waals surface area (Å²) >= 11 is 5.95. The molecule has 5 rings (SSSR count). The fraction of sp³-hybridized carbons (Fsp3) is 0.344. The van der Waals surface area contributed by atoms with Gasteiger partial charge in [-0.25, -0.2) is 18.0 Å². The number of hydrogen-bond acceptors (Lipinski definition) is 6. The van der Waals surface area contributed by atoms with Crippen molar-refractivity contribution in [1.29, 1.82) is 0 Å². The minimum absolute atomic E-state index is 0.0243. The maximum atomic E-state index is 15.2. The summed E-state index contributed by atoms with van der Waals surface area (Å²) in [6.07, 6.45) is -0.0366. The molecule has 1 aliphatic rings. The van der Waals surface area contributed by atoms with Crippen molar-refractivity contribution in [2.45, 2.75) is 38.1 Å². The van der Waals surface area contributed by atoms with E-state index in [9.17, 15) is 23.2 Å². The third-order valence-corrected chi connectivity index (χ3v) is 8.00. The molecular weight excluding hydrogens is 615 g/mol. The molecule has 1 fully saturated rings. The second-order valence-electron chi connectivity index (χ2n) is 10.7. The Labute approximate surface area is 261 Å². The van der Waals surface area contributed by atoms with E-state index in [1.54, 1.807) is 35.2 Å². The summed E-state index contributed by atoms with van der Waals surface area (Å²) in [7, 11) is 1.47. The van der Waals surface area contributed by atoms with Crippen LogP contribution in [0.4, 0.5) is 13.2 Å². The smallest absolute Gasteiger partial charge is 0.332 e. The Morgan fingerprint density at radius 1 is 0.956 bits per heavy atom. The van der Waals surface area contributed by atoms with Gasteiger partial charge in [0.15, 0.2) is 29.2 Å². The molecule has 0 spiro atoms. The summed E-state index contributed by atoms with van der Waals surface area (Å²) in [5, 5.41) is 0.544. The van der Waals surface area contributed by atoms with Gasteiger partial charge in [-0.1, -0.05) is 29.8 Å². The summed E-state index contributed by atoms with van der Waals surface area (Å²) in [4.78, 5) is 40.6. The molecule has 45 heavy (non-hydrogen) atoms. The van der Waals surface area contributed by atoms with Gasteiger partial charge in [0.2, 0.25) is 6.41 Å². The maximum absolute atomic E-state index is 15.2. The number of carbonyl (C=O) groups excluding carboxylic acids is 1. The second kappa shape index (κ2) is 14.1. The fourth-order valence-electron chi connectivity index (χ4n) is 5.35. The van der Waals surface area contributed by atoms with Crippen molar-refractivity contribution in [3.05, 3.63) is 97.4 Å². The molecule has 2 heterocycles. The molecule has 0 atom stereocenters. The predicted octanol–water partition coefficient (Wildman–Crippen LogP) is 5.07. The van der Waals surface area contributed by atoms with E-state index in [0.29, 0.717) is 48.0 Å². The van der Waals surface area contributed by atoms with E-state index in [2.05, 4.69) is 0 Å². The SMILES string of the molecule is COc1cc(Cn2c(=O)c3cc(OC(CF)CF)c(F)cc3n(C3CCN(C=O)CC3)c2=O)ccc1OCc1ccc(Cl)cc1. The van der Waals surface area contributed by atoms with Crippen molar-refractivity contribution in [3.8, 4) is 17.2 Å². The number of piperidine rings is 1. The summed E-state index contributed by atoms with van der Waals surface area (Å²) in [5.74, 6) is -0.660. The number of ether oxygens (including phenoxy) is 3. The van der Waals surface area contributed by atoms with Gasteiger partial charge in [-0.15, -0.1) is 0 Å². The Morgan fingerprint density at radius 3 is 2.29 bits per heavy atom. The van der Waals surface area contributed by atoms with Gasteiger partial charge in [0.05, 0.1) is 24.6 Å². The molecule has 1 amide bonds. The van der Waals surface area contributed by atoms with Gasteiger partial charge < -0.3 is 19.1 Å². The van der Waals surface area contributed by atoms with Gasteiger partial charge in [0.1, 0.15) is 20.0 Å². The largest absolute Gasteiger partial charge is 0.493 e. The molecule has 1 saturated heterocycles.